The molecule has 0 aliphatic carbocycles. The van der Waals surface area contributed by atoms with Gasteiger partial charge in [-0.05, 0) is 43.4 Å². The van der Waals surface area contributed by atoms with E-state index in [4.69, 9.17) is 33.7 Å². The smallest absolute Gasteiger partial charge is 0.180 e. The molecule has 0 saturated carbocycles. The van der Waals surface area contributed by atoms with Gasteiger partial charge in [-0.1, -0.05) is 34.7 Å². The SMILES string of the molecule is CCOc1cc2ncnc(Nc3ccc(F)c(Cl)c3)c2cc1CC(=O)Cn1nc(SCCO)sc1=S. The fourth-order valence-electron chi connectivity index (χ4n) is 3.38. The number of nitrogens with one attached hydrogen (secondary N) is 1. The highest BCUT2D eigenvalue weighted by atomic mass is 35.5. The van der Waals surface area contributed by atoms with Crippen LogP contribution in [0, 0.1) is 9.77 Å². The fourth-order valence-corrected chi connectivity index (χ4v) is 5.71. The molecule has 36 heavy (non-hydrogen) atoms. The van der Waals surface area contributed by atoms with E-state index < -0.39 is 5.82 Å². The quantitative estimate of drug-likeness (QED) is 0.181. The van der Waals surface area contributed by atoms with Crippen LogP contribution in [0.2, 0.25) is 5.02 Å². The third-order valence-electron chi connectivity index (χ3n) is 4.92. The van der Waals surface area contributed by atoms with Crippen LogP contribution >= 0.6 is 46.9 Å². The topological polar surface area (TPSA) is 102 Å². The molecule has 0 amide bonds. The Labute approximate surface area is 224 Å². The summed E-state index contributed by atoms with van der Waals surface area (Å²) >= 11 is 13.9. The lowest BCUT2D eigenvalue weighted by Crippen LogP contribution is -2.14. The number of carbonyl (C=O) groups is 1. The van der Waals surface area contributed by atoms with Crippen molar-refractivity contribution in [3.8, 4) is 5.75 Å². The van der Waals surface area contributed by atoms with E-state index in [0.29, 0.717) is 54.4 Å². The lowest BCUT2D eigenvalue weighted by Gasteiger charge is -2.14. The Morgan fingerprint density at radius 1 is 1.33 bits per heavy atom. The van der Waals surface area contributed by atoms with Gasteiger partial charge in [-0.2, -0.15) is 5.10 Å². The summed E-state index contributed by atoms with van der Waals surface area (Å²) in [6.07, 6.45) is 1.49. The number of aliphatic hydroxyl groups is 1. The molecular formula is C23H21ClFN5O3S3. The summed E-state index contributed by atoms with van der Waals surface area (Å²) in [6, 6.07) is 7.87. The number of halogens is 2. The number of anilines is 2. The lowest BCUT2D eigenvalue weighted by atomic mass is 10.0. The van der Waals surface area contributed by atoms with Crippen LogP contribution < -0.4 is 10.1 Å². The predicted octanol–water partition coefficient (Wildman–Crippen LogP) is 5.45. The minimum Gasteiger partial charge on any atom is -0.494 e. The molecule has 4 rings (SSSR count). The Morgan fingerprint density at radius 3 is 2.92 bits per heavy atom. The molecule has 4 aromatic rings. The molecule has 0 spiro atoms. The number of ketones is 1. The van der Waals surface area contributed by atoms with Crippen molar-refractivity contribution in [2.75, 3.05) is 24.3 Å². The molecule has 0 aliphatic rings. The van der Waals surface area contributed by atoms with Crippen molar-refractivity contribution in [3.63, 3.8) is 0 Å². The summed E-state index contributed by atoms with van der Waals surface area (Å²) in [5.74, 6) is 0.914. The molecule has 188 valence electrons. The largest absolute Gasteiger partial charge is 0.494 e. The molecule has 0 bridgehead atoms. The van der Waals surface area contributed by atoms with Crippen LogP contribution in [0.3, 0.4) is 0 Å². The Kier molecular flexibility index (Phi) is 8.86. The van der Waals surface area contributed by atoms with E-state index in [1.165, 1.54) is 46.2 Å². The number of aliphatic hydroxyl groups excluding tert-OH is 1. The van der Waals surface area contributed by atoms with Crippen molar-refractivity contribution in [1.82, 2.24) is 19.7 Å². The summed E-state index contributed by atoms with van der Waals surface area (Å²) in [6.45, 7) is 2.33. The van der Waals surface area contributed by atoms with Gasteiger partial charge in [0.1, 0.15) is 30.3 Å². The van der Waals surface area contributed by atoms with Crippen molar-refractivity contribution < 1.29 is 19.0 Å². The zero-order valence-corrected chi connectivity index (χ0v) is 22.2. The predicted molar refractivity (Wildman–Crippen MR) is 143 cm³/mol. The zero-order chi connectivity index (χ0) is 25.7. The van der Waals surface area contributed by atoms with E-state index >= 15 is 0 Å². The highest BCUT2D eigenvalue weighted by Gasteiger charge is 2.16. The number of ether oxygens (including phenoxy) is 1. The third kappa shape index (κ3) is 6.37. The Balaban J connectivity index is 1.62. The summed E-state index contributed by atoms with van der Waals surface area (Å²) < 4.78 is 22.1. The van der Waals surface area contributed by atoms with Crippen molar-refractivity contribution in [3.05, 3.63) is 57.0 Å². The standard InChI is InChI=1S/C23H21ClFN5O3S3/c1-2-33-20-10-19-16(21(27-12-26-19)28-14-3-4-18(25)17(24)9-14)8-13(20)7-15(32)11-30-23(34)36-22(29-30)35-6-5-31/h3-4,8-10,12,31H,2,5-7,11H2,1H3,(H,26,27,28). The van der Waals surface area contributed by atoms with Crippen molar-refractivity contribution >= 4 is 75.1 Å². The van der Waals surface area contributed by atoms with E-state index in [0.717, 1.165) is 0 Å². The second-order valence-electron chi connectivity index (χ2n) is 7.47. The average molecular weight is 566 g/mol. The van der Waals surface area contributed by atoms with Crippen LogP contribution in [0.1, 0.15) is 12.5 Å². The van der Waals surface area contributed by atoms with Crippen LogP contribution in [0.25, 0.3) is 10.9 Å². The molecule has 8 nitrogen and oxygen atoms in total. The van der Waals surface area contributed by atoms with Gasteiger partial charge in [0.15, 0.2) is 14.1 Å². The fraction of sp³-hybridized carbons (Fsp3) is 0.261. The molecule has 2 aromatic heterocycles. The summed E-state index contributed by atoms with van der Waals surface area (Å²) in [5.41, 5.74) is 1.84. The van der Waals surface area contributed by atoms with Crippen molar-refractivity contribution in [1.29, 1.82) is 0 Å². The van der Waals surface area contributed by atoms with Gasteiger partial charge in [-0.15, -0.1) is 0 Å². The Hall–Kier alpha value is -2.64. The molecule has 0 radical (unpaired) electrons. The van der Waals surface area contributed by atoms with Crippen molar-refractivity contribution in [2.24, 2.45) is 0 Å². The zero-order valence-electron chi connectivity index (χ0n) is 19.0. The number of Topliss-reactive ketones (excluding diaryl/α,β-unsaturated/α-hetero) is 1. The summed E-state index contributed by atoms with van der Waals surface area (Å²) in [7, 11) is 0. The molecule has 13 heteroatoms. The maximum Gasteiger partial charge on any atom is 0.180 e. The van der Waals surface area contributed by atoms with Gasteiger partial charge in [0.05, 0.1) is 23.8 Å². The van der Waals surface area contributed by atoms with Crippen LogP contribution in [0.15, 0.2) is 41.0 Å². The van der Waals surface area contributed by atoms with Gasteiger partial charge >= 0.3 is 0 Å². The number of rotatable bonds is 11. The number of fused-ring (bicyclic) bond motifs is 1. The van der Waals surface area contributed by atoms with E-state index in [9.17, 15) is 9.18 Å². The van der Waals surface area contributed by atoms with Crippen molar-refractivity contribution in [2.45, 2.75) is 24.2 Å². The molecule has 2 N–H and O–H groups in total. The van der Waals surface area contributed by atoms with Crippen LogP contribution in [0.5, 0.6) is 5.75 Å². The third-order valence-corrected chi connectivity index (χ3v) is 7.63. The normalized spacial score (nSPS) is 11.1. The maximum atomic E-state index is 13.6. The van der Waals surface area contributed by atoms with E-state index in [-0.39, 0.29) is 30.4 Å². The van der Waals surface area contributed by atoms with E-state index in [1.54, 1.807) is 12.1 Å². The highest BCUT2D eigenvalue weighted by Crippen LogP contribution is 2.31. The number of hydrogen-bond acceptors (Lipinski definition) is 10. The Morgan fingerprint density at radius 2 is 2.17 bits per heavy atom. The molecule has 0 unspecified atom stereocenters. The van der Waals surface area contributed by atoms with Crippen LogP contribution in [0.4, 0.5) is 15.9 Å². The second kappa shape index (κ2) is 12.1. The first-order chi connectivity index (χ1) is 17.4. The lowest BCUT2D eigenvalue weighted by molar-refractivity contribution is -0.119. The first-order valence-corrected chi connectivity index (χ1v) is 13.4. The maximum absolute atomic E-state index is 13.6. The molecule has 2 heterocycles. The molecule has 0 aliphatic heterocycles. The molecule has 2 aromatic carbocycles. The van der Waals surface area contributed by atoms with Crippen LogP contribution in [-0.4, -0.2) is 49.6 Å². The molecule has 0 atom stereocenters. The second-order valence-corrected chi connectivity index (χ2v) is 10.8. The number of aromatic nitrogens is 4. The summed E-state index contributed by atoms with van der Waals surface area (Å²) in [5, 5.41) is 17.2. The first-order valence-electron chi connectivity index (χ1n) is 10.8. The minimum atomic E-state index is -0.517. The number of hydrogen-bond donors (Lipinski definition) is 2. The van der Waals surface area contributed by atoms with Gasteiger partial charge in [0.25, 0.3) is 0 Å². The minimum absolute atomic E-state index is 0.0122. The number of carbonyl (C=O) groups excluding carboxylic acids is 1. The van der Waals surface area contributed by atoms with E-state index in [1.807, 2.05) is 13.0 Å². The highest BCUT2D eigenvalue weighted by molar-refractivity contribution is 8.01. The number of benzene rings is 2. The molecule has 0 fully saturated rings. The van der Waals surface area contributed by atoms with Gasteiger partial charge in [-0.25, -0.2) is 19.0 Å². The van der Waals surface area contributed by atoms with Gasteiger partial charge in [0.2, 0.25) is 0 Å². The molecule has 0 saturated heterocycles. The molecular weight excluding hydrogens is 545 g/mol. The monoisotopic (exact) mass is 565 g/mol. The van der Waals surface area contributed by atoms with E-state index in [2.05, 4.69) is 20.4 Å². The Bertz CT molecular complexity index is 1460. The number of nitrogens with zero attached hydrogens (tertiary/aromatic N) is 4. The first kappa shape index (κ1) is 26.4. The van der Waals surface area contributed by atoms with Gasteiger partial charge in [-0.3, -0.25) is 4.79 Å². The van der Waals surface area contributed by atoms with Gasteiger partial charge in [0, 0.05) is 34.9 Å². The summed E-state index contributed by atoms with van der Waals surface area (Å²) in [4.78, 5) is 21.7. The van der Waals surface area contributed by atoms with Crippen LogP contribution in [-0.2, 0) is 17.8 Å². The average Bonchev–Trinajstić information content (AvgIpc) is 3.19. The number of thioether (sulfide) groups is 1. The van der Waals surface area contributed by atoms with Gasteiger partial charge < -0.3 is 15.2 Å².